The topological polar surface area (TPSA) is 77.4 Å². The van der Waals surface area contributed by atoms with Crippen molar-refractivity contribution < 1.29 is 47.6 Å². The molecule has 0 aromatic heterocycles. The van der Waals surface area contributed by atoms with E-state index in [1.165, 1.54) is 26.2 Å². The zero-order valence-electron chi connectivity index (χ0n) is 11.9. The van der Waals surface area contributed by atoms with E-state index in [1.54, 1.807) is 0 Å². The van der Waals surface area contributed by atoms with Gasteiger partial charge in [-0.2, -0.15) is 0 Å². The molecule has 0 aromatic carbocycles. The Hall–Kier alpha value is 0.870. The van der Waals surface area contributed by atoms with Crippen LogP contribution in [0.2, 0.25) is 0 Å². The Balaban J connectivity index is 0. The van der Waals surface area contributed by atoms with E-state index in [0.29, 0.717) is 6.42 Å². The molecule has 0 rings (SSSR count). The zero-order valence-corrected chi connectivity index (χ0v) is 14.7. The van der Waals surface area contributed by atoms with Crippen molar-refractivity contribution in [1.82, 2.24) is 0 Å². The van der Waals surface area contributed by atoms with Gasteiger partial charge in [0.2, 0.25) is 0 Å². The molecule has 18 heavy (non-hydrogen) atoms. The van der Waals surface area contributed by atoms with E-state index >= 15 is 0 Å². The molecular formula is C12H25NaO4S. The van der Waals surface area contributed by atoms with Gasteiger partial charge >= 0.3 is 29.6 Å². The number of rotatable bonds is 10. The van der Waals surface area contributed by atoms with Crippen molar-refractivity contribution in [3.05, 3.63) is 0 Å². The SMILES string of the molecule is CCCCCCCCC(CC(C)O)S(=O)(=O)[O-].[Na+]. The van der Waals surface area contributed by atoms with Crippen LogP contribution in [0.25, 0.3) is 0 Å². The van der Waals surface area contributed by atoms with Crippen molar-refractivity contribution in [1.29, 1.82) is 0 Å². The van der Waals surface area contributed by atoms with Gasteiger partial charge in [-0.25, -0.2) is 8.42 Å². The summed E-state index contributed by atoms with van der Waals surface area (Å²) in [5.74, 6) is 0. The van der Waals surface area contributed by atoms with E-state index < -0.39 is 21.5 Å². The summed E-state index contributed by atoms with van der Waals surface area (Å²) in [6, 6.07) is 0. The van der Waals surface area contributed by atoms with Gasteiger partial charge in [0.1, 0.15) is 0 Å². The van der Waals surface area contributed by atoms with Crippen LogP contribution in [0.1, 0.15) is 65.2 Å². The Morgan fingerprint density at radius 2 is 1.61 bits per heavy atom. The Kier molecular flexibility index (Phi) is 13.7. The molecule has 1 N–H and O–H groups in total. The van der Waals surface area contributed by atoms with Crippen LogP contribution in [0.5, 0.6) is 0 Å². The molecule has 0 fully saturated rings. The van der Waals surface area contributed by atoms with Crippen LogP contribution in [-0.4, -0.2) is 29.4 Å². The van der Waals surface area contributed by atoms with E-state index in [0.717, 1.165) is 19.3 Å². The fraction of sp³-hybridized carbons (Fsp3) is 1.00. The summed E-state index contributed by atoms with van der Waals surface area (Å²) in [5, 5.41) is 8.23. The van der Waals surface area contributed by atoms with Gasteiger partial charge < -0.3 is 9.66 Å². The van der Waals surface area contributed by atoms with E-state index in [2.05, 4.69) is 6.92 Å². The minimum atomic E-state index is -4.27. The van der Waals surface area contributed by atoms with E-state index in [9.17, 15) is 13.0 Å². The minimum Gasteiger partial charge on any atom is -0.748 e. The first kappa shape index (κ1) is 21.2. The summed E-state index contributed by atoms with van der Waals surface area (Å²) < 4.78 is 32.9. The first-order valence-corrected chi connectivity index (χ1v) is 7.97. The van der Waals surface area contributed by atoms with E-state index in [1.807, 2.05) is 0 Å². The molecule has 6 heteroatoms. The maximum atomic E-state index is 11.0. The molecule has 0 spiro atoms. The van der Waals surface area contributed by atoms with Crippen molar-refractivity contribution in [3.8, 4) is 0 Å². The molecule has 0 radical (unpaired) electrons. The number of aliphatic hydroxyl groups is 1. The molecule has 0 heterocycles. The van der Waals surface area contributed by atoms with Crippen LogP contribution < -0.4 is 29.6 Å². The summed E-state index contributed by atoms with van der Waals surface area (Å²) in [4.78, 5) is 0. The van der Waals surface area contributed by atoms with Gasteiger partial charge in [-0.15, -0.1) is 0 Å². The Morgan fingerprint density at radius 1 is 1.11 bits per heavy atom. The second kappa shape index (κ2) is 11.7. The maximum Gasteiger partial charge on any atom is 1.00 e. The third-order valence-corrected chi connectivity index (χ3v) is 4.14. The molecule has 104 valence electrons. The summed E-state index contributed by atoms with van der Waals surface area (Å²) in [5.41, 5.74) is 0. The quantitative estimate of drug-likeness (QED) is 0.332. The van der Waals surface area contributed by atoms with Gasteiger partial charge in [-0.1, -0.05) is 45.4 Å². The van der Waals surface area contributed by atoms with Gasteiger partial charge in [-0.3, -0.25) is 0 Å². The summed E-state index contributed by atoms with van der Waals surface area (Å²) in [6.07, 6.45) is 6.06. The fourth-order valence-electron chi connectivity index (χ4n) is 1.91. The third-order valence-electron chi connectivity index (χ3n) is 2.89. The van der Waals surface area contributed by atoms with E-state index in [-0.39, 0.29) is 36.0 Å². The van der Waals surface area contributed by atoms with Crippen molar-refractivity contribution in [3.63, 3.8) is 0 Å². The summed E-state index contributed by atoms with van der Waals surface area (Å²) in [6.45, 7) is 3.65. The minimum absolute atomic E-state index is 0. The van der Waals surface area contributed by atoms with Crippen LogP contribution in [0, 0.1) is 0 Å². The van der Waals surface area contributed by atoms with E-state index in [4.69, 9.17) is 5.11 Å². The number of hydrogen-bond acceptors (Lipinski definition) is 4. The fourth-order valence-corrected chi connectivity index (χ4v) is 2.88. The van der Waals surface area contributed by atoms with Gasteiger partial charge in [0.15, 0.2) is 0 Å². The van der Waals surface area contributed by atoms with Crippen LogP contribution >= 0.6 is 0 Å². The molecule has 0 aliphatic rings. The number of unbranched alkanes of at least 4 members (excludes halogenated alkanes) is 5. The molecule has 2 atom stereocenters. The monoisotopic (exact) mass is 288 g/mol. The second-order valence-electron chi connectivity index (χ2n) is 4.76. The predicted octanol–water partition coefficient (Wildman–Crippen LogP) is -0.574. The predicted molar refractivity (Wildman–Crippen MR) is 67.8 cm³/mol. The molecule has 2 unspecified atom stereocenters. The molecule has 0 saturated heterocycles. The van der Waals surface area contributed by atoms with Gasteiger partial charge in [0.25, 0.3) is 0 Å². The van der Waals surface area contributed by atoms with Crippen LogP contribution in [0.3, 0.4) is 0 Å². The number of aliphatic hydroxyl groups excluding tert-OH is 1. The third kappa shape index (κ3) is 11.9. The van der Waals surface area contributed by atoms with Crippen molar-refractivity contribution >= 4 is 10.1 Å². The molecule has 4 nitrogen and oxygen atoms in total. The average molecular weight is 288 g/mol. The van der Waals surface area contributed by atoms with Gasteiger partial charge in [-0.05, 0) is 19.8 Å². The van der Waals surface area contributed by atoms with Crippen molar-refractivity contribution in [2.45, 2.75) is 76.6 Å². The summed E-state index contributed by atoms with van der Waals surface area (Å²) >= 11 is 0. The maximum absolute atomic E-state index is 11.0. The molecule has 0 aliphatic carbocycles. The molecule has 0 amide bonds. The molecule has 0 bridgehead atoms. The van der Waals surface area contributed by atoms with Crippen LogP contribution in [0.15, 0.2) is 0 Å². The first-order chi connectivity index (χ1) is 7.88. The average Bonchev–Trinajstić information content (AvgIpc) is 2.19. The largest absolute Gasteiger partial charge is 1.00 e. The Morgan fingerprint density at radius 3 is 2.06 bits per heavy atom. The molecule has 0 aliphatic heterocycles. The molecular weight excluding hydrogens is 263 g/mol. The zero-order chi connectivity index (χ0) is 13.3. The summed E-state index contributed by atoms with van der Waals surface area (Å²) in [7, 11) is -4.27. The first-order valence-electron chi connectivity index (χ1n) is 6.50. The molecule has 0 saturated carbocycles. The smallest absolute Gasteiger partial charge is 0.748 e. The van der Waals surface area contributed by atoms with Crippen LogP contribution in [0.4, 0.5) is 0 Å². The second-order valence-corrected chi connectivity index (χ2v) is 6.41. The normalized spacial score (nSPS) is 14.9. The Labute approximate surface area is 134 Å². The van der Waals surface area contributed by atoms with Crippen molar-refractivity contribution in [2.24, 2.45) is 0 Å². The van der Waals surface area contributed by atoms with Gasteiger partial charge in [0, 0.05) is 0 Å². The van der Waals surface area contributed by atoms with Gasteiger partial charge in [0.05, 0.1) is 21.5 Å². The Bertz CT molecular complexity index is 278. The number of hydrogen-bond donors (Lipinski definition) is 1. The van der Waals surface area contributed by atoms with Crippen molar-refractivity contribution in [2.75, 3.05) is 0 Å². The standard InChI is InChI=1S/C12H26O4S.Na/c1-3-4-5-6-7-8-9-12(10-11(2)13)17(14,15)16;/h11-13H,3-10H2,1-2H3,(H,14,15,16);/q;+1/p-1. The van der Waals surface area contributed by atoms with Crippen LogP contribution in [-0.2, 0) is 10.1 Å². The molecule has 0 aromatic rings.